The number of aromatic nitrogens is 2. The third kappa shape index (κ3) is 2.73. The average Bonchev–Trinajstić information content (AvgIpc) is 2.30. The number of nitrogens with zero attached hydrogens (tertiary/aromatic N) is 3. The number of hydrogen-bond acceptors (Lipinski definition) is 5. The van der Waals surface area contributed by atoms with Crippen LogP contribution in [0.25, 0.3) is 0 Å². The normalized spacial score (nSPS) is 19.4. The van der Waals surface area contributed by atoms with Crippen molar-refractivity contribution in [1.82, 2.24) is 15.3 Å². The van der Waals surface area contributed by atoms with Gasteiger partial charge in [0.05, 0.1) is 36.8 Å². The van der Waals surface area contributed by atoms with Crippen LogP contribution in [0.4, 0.5) is 5.82 Å². The van der Waals surface area contributed by atoms with Crippen LogP contribution in [-0.2, 0) is 11.3 Å². The van der Waals surface area contributed by atoms with E-state index in [0.29, 0.717) is 0 Å². The fourth-order valence-electron chi connectivity index (χ4n) is 2.04. The van der Waals surface area contributed by atoms with Crippen molar-refractivity contribution < 1.29 is 4.74 Å². The Morgan fingerprint density at radius 2 is 2.24 bits per heavy atom. The summed E-state index contributed by atoms with van der Waals surface area (Å²) < 4.78 is 5.50. The molecule has 0 spiro atoms. The minimum absolute atomic E-state index is 0.0164. The number of morpholine rings is 1. The van der Waals surface area contributed by atoms with Crippen LogP contribution in [0.15, 0.2) is 12.4 Å². The molecule has 1 aromatic rings. The number of nitrogens with one attached hydrogen (secondary N) is 1. The highest BCUT2D eigenvalue weighted by Crippen LogP contribution is 2.24. The standard InChI is InChI=1S/C12H20N4O/c1-12(2)9-17-5-4-16(12)11-8-14-10(6-13-3)7-15-11/h7-8,13H,4-6,9H2,1-3H3. The van der Waals surface area contributed by atoms with E-state index in [1.165, 1.54) is 0 Å². The second-order valence-corrected chi connectivity index (χ2v) is 4.91. The van der Waals surface area contributed by atoms with Gasteiger partial charge < -0.3 is 15.0 Å². The van der Waals surface area contributed by atoms with Gasteiger partial charge in [-0.25, -0.2) is 4.98 Å². The summed E-state index contributed by atoms with van der Waals surface area (Å²) in [4.78, 5) is 11.1. The lowest BCUT2D eigenvalue weighted by atomic mass is 10.0. The maximum Gasteiger partial charge on any atom is 0.147 e. The van der Waals surface area contributed by atoms with Gasteiger partial charge in [0.15, 0.2) is 0 Å². The summed E-state index contributed by atoms with van der Waals surface area (Å²) in [6.45, 7) is 7.42. The summed E-state index contributed by atoms with van der Waals surface area (Å²) in [5.41, 5.74) is 0.944. The highest BCUT2D eigenvalue weighted by atomic mass is 16.5. The van der Waals surface area contributed by atoms with E-state index in [1.54, 1.807) is 0 Å². The van der Waals surface area contributed by atoms with Gasteiger partial charge >= 0.3 is 0 Å². The predicted molar refractivity (Wildman–Crippen MR) is 67.0 cm³/mol. The fourth-order valence-corrected chi connectivity index (χ4v) is 2.04. The molecule has 2 heterocycles. The molecule has 0 amide bonds. The van der Waals surface area contributed by atoms with Crippen molar-refractivity contribution in [3.63, 3.8) is 0 Å². The van der Waals surface area contributed by atoms with E-state index in [-0.39, 0.29) is 5.54 Å². The van der Waals surface area contributed by atoms with Crippen molar-refractivity contribution in [2.45, 2.75) is 25.9 Å². The summed E-state index contributed by atoms with van der Waals surface area (Å²) in [6, 6.07) is 0. The van der Waals surface area contributed by atoms with Crippen LogP contribution in [0.5, 0.6) is 0 Å². The Morgan fingerprint density at radius 3 is 2.82 bits per heavy atom. The molecule has 1 aromatic heterocycles. The second kappa shape index (κ2) is 4.98. The van der Waals surface area contributed by atoms with Gasteiger partial charge in [0.25, 0.3) is 0 Å². The predicted octanol–water partition coefficient (Wildman–Crippen LogP) is 0.811. The number of hydrogen-bond donors (Lipinski definition) is 1. The van der Waals surface area contributed by atoms with E-state index in [4.69, 9.17) is 4.74 Å². The molecule has 1 fully saturated rings. The third-order valence-corrected chi connectivity index (χ3v) is 2.97. The molecule has 1 saturated heterocycles. The minimum Gasteiger partial charge on any atom is -0.377 e. The molecule has 0 bridgehead atoms. The highest BCUT2D eigenvalue weighted by Gasteiger charge is 2.31. The monoisotopic (exact) mass is 236 g/mol. The second-order valence-electron chi connectivity index (χ2n) is 4.91. The highest BCUT2D eigenvalue weighted by molar-refractivity contribution is 5.40. The Morgan fingerprint density at radius 1 is 1.41 bits per heavy atom. The van der Waals surface area contributed by atoms with Gasteiger partial charge in [-0.2, -0.15) is 0 Å². The first kappa shape index (κ1) is 12.3. The number of ether oxygens (including phenoxy) is 1. The smallest absolute Gasteiger partial charge is 0.147 e. The molecule has 5 nitrogen and oxygen atoms in total. The van der Waals surface area contributed by atoms with Gasteiger partial charge in [0, 0.05) is 13.1 Å². The zero-order chi connectivity index (χ0) is 12.3. The van der Waals surface area contributed by atoms with E-state index in [2.05, 4.69) is 34.0 Å². The first-order chi connectivity index (χ1) is 8.13. The van der Waals surface area contributed by atoms with Gasteiger partial charge in [0.1, 0.15) is 5.82 Å². The average molecular weight is 236 g/mol. The van der Waals surface area contributed by atoms with Crippen molar-refractivity contribution in [3.8, 4) is 0 Å². The van der Waals surface area contributed by atoms with Crippen LogP contribution in [-0.4, -0.2) is 42.3 Å². The number of anilines is 1. The van der Waals surface area contributed by atoms with Gasteiger partial charge in [-0.05, 0) is 20.9 Å². The number of rotatable bonds is 3. The molecule has 0 atom stereocenters. The lowest BCUT2D eigenvalue weighted by molar-refractivity contribution is 0.0638. The van der Waals surface area contributed by atoms with Crippen LogP contribution in [0, 0.1) is 0 Å². The largest absolute Gasteiger partial charge is 0.377 e. The Bertz CT molecular complexity index is 363. The Hall–Kier alpha value is -1.20. The summed E-state index contributed by atoms with van der Waals surface area (Å²) in [5.74, 6) is 0.929. The molecule has 0 saturated carbocycles. The third-order valence-electron chi connectivity index (χ3n) is 2.97. The molecule has 0 aliphatic carbocycles. The summed E-state index contributed by atoms with van der Waals surface area (Å²) in [6.07, 6.45) is 3.68. The zero-order valence-corrected chi connectivity index (χ0v) is 10.7. The Kier molecular flexibility index (Phi) is 3.59. The first-order valence-electron chi connectivity index (χ1n) is 5.94. The molecule has 1 aliphatic heterocycles. The van der Waals surface area contributed by atoms with Gasteiger partial charge in [-0.3, -0.25) is 4.98 Å². The minimum atomic E-state index is -0.0164. The molecule has 0 aromatic carbocycles. The molecule has 1 N–H and O–H groups in total. The van der Waals surface area contributed by atoms with Crippen molar-refractivity contribution >= 4 is 5.82 Å². The van der Waals surface area contributed by atoms with Crippen molar-refractivity contribution in [3.05, 3.63) is 18.1 Å². The Labute approximate surface area is 102 Å². The van der Waals surface area contributed by atoms with Crippen LogP contribution >= 0.6 is 0 Å². The molecule has 1 aliphatic rings. The molecule has 0 radical (unpaired) electrons. The molecular formula is C12H20N4O. The summed E-state index contributed by atoms with van der Waals surface area (Å²) in [7, 11) is 1.90. The van der Waals surface area contributed by atoms with E-state index < -0.39 is 0 Å². The molecule has 5 heteroatoms. The van der Waals surface area contributed by atoms with E-state index in [0.717, 1.165) is 37.8 Å². The maximum atomic E-state index is 5.50. The van der Waals surface area contributed by atoms with Crippen LogP contribution in [0.1, 0.15) is 19.5 Å². The van der Waals surface area contributed by atoms with E-state index in [9.17, 15) is 0 Å². The summed E-state index contributed by atoms with van der Waals surface area (Å²) in [5, 5.41) is 3.06. The lowest BCUT2D eigenvalue weighted by Crippen LogP contribution is -2.53. The SMILES string of the molecule is CNCc1cnc(N2CCOCC2(C)C)cn1. The Balaban J connectivity index is 2.15. The molecule has 0 unspecified atom stereocenters. The fraction of sp³-hybridized carbons (Fsp3) is 0.667. The van der Waals surface area contributed by atoms with Crippen molar-refractivity contribution in [2.24, 2.45) is 0 Å². The quantitative estimate of drug-likeness (QED) is 0.841. The van der Waals surface area contributed by atoms with Gasteiger partial charge in [-0.15, -0.1) is 0 Å². The molecular weight excluding hydrogens is 216 g/mol. The van der Waals surface area contributed by atoms with E-state index >= 15 is 0 Å². The van der Waals surface area contributed by atoms with Crippen LogP contribution in [0.3, 0.4) is 0 Å². The lowest BCUT2D eigenvalue weighted by Gasteiger charge is -2.42. The zero-order valence-electron chi connectivity index (χ0n) is 10.7. The van der Waals surface area contributed by atoms with Gasteiger partial charge in [-0.1, -0.05) is 0 Å². The van der Waals surface area contributed by atoms with Crippen LogP contribution in [0.2, 0.25) is 0 Å². The van der Waals surface area contributed by atoms with E-state index in [1.807, 2.05) is 19.4 Å². The van der Waals surface area contributed by atoms with Gasteiger partial charge in [0.2, 0.25) is 0 Å². The first-order valence-corrected chi connectivity index (χ1v) is 5.94. The molecule has 2 rings (SSSR count). The summed E-state index contributed by atoms with van der Waals surface area (Å²) >= 11 is 0. The van der Waals surface area contributed by atoms with Crippen molar-refractivity contribution in [2.75, 3.05) is 31.7 Å². The topological polar surface area (TPSA) is 50.3 Å². The van der Waals surface area contributed by atoms with Crippen molar-refractivity contribution in [1.29, 1.82) is 0 Å². The molecule has 17 heavy (non-hydrogen) atoms. The van der Waals surface area contributed by atoms with Crippen LogP contribution < -0.4 is 10.2 Å². The maximum absolute atomic E-state index is 5.50. The molecule has 94 valence electrons.